The van der Waals surface area contributed by atoms with Gasteiger partial charge in [0, 0.05) is 0 Å². The van der Waals surface area contributed by atoms with Crippen molar-refractivity contribution in [3.8, 4) is 0 Å². The molecule has 0 radical (unpaired) electrons. The Bertz CT molecular complexity index is 184. The molecular formula is C8H18Cl2O6P2. The Morgan fingerprint density at radius 3 is 1.50 bits per heavy atom. The zero-order chi connectivity index (χ0) is 14.0. The first kappa shape index (κ1) is 19.2. The Kier molecular flexibility index (Phi) is 12.8. The summed E-state index contributed by atoms with van der Waals surface area (Å²) >= 11 is 11.3. The predicted molar refractivity (Wildman–Crippen MR) is 72.2 cm³/mol. The molecule has 0 saturated heterocycles. The zero-order valence-electron chi connectivity index (χ0n) is 10.2. The molecule has 0 amide bonds. The van der Waals surface area contributed by atoms with Crippen LogP contribution in [0, 0.1) is 0 Å². The van der Waals surface area contributed by atoms with Crippen LogP contribution in [0.2, 0.25) is 0 Å². The summed E-state index contributed by atoms with van der Waals surface area (Å²) in [7, 11) is -4.06. The maximum atomic E-state index is 9.27. The van der Waals surface area contributed by atoms with Crippen LogP contribution < -0.4 is 0 Å². The maximum absolute atomic E-state index is 9.27. The summed E-state index contributed by atoms with van der Waals surface area (Å²) in [5.41, 5.74) is -1.16. The summed E-state index contributed by atoms with van der Waals surface area (Å²) in [5, 5.41) is 0. The van der Waals surface area contributed by atoms with E-state index < -0.39 is 28.3 Å². The second-order valence-corrected chi connectivity index (χ2v) is 5.85. The van der Waals surface area contributed by atoms with Crippen LogP contribution in [-0.4, -0.2) is 34.1 Å². The van der Waals surface area contributed by atoms with E-state index in [9.17, 15) is 9.79 Å². The molecule has 0 fully saturated rings. The fourth-order valence-corrected chi connectivity index (χ4v) is 2.32. The van der Waals surface area contributed by atoms with Crippen molar-refractivity contribution in [2.75, 3.05) is 13.2 Å². The summed E-state index contributed by atoms with van der Waals surface area (Å²) in [6, 6.07) is 0. The summed E-state index contributed by atoms with van der Waals surface area (Å²) in [6.45, 7) is 3.74. The first-order valence-corrected chi connectivity index (χ1v) is 8.48. The minimum absolute atomic E-state index is 0.0529. The summed E-state index contributed by atoms with van der Waals surface area (Å²) in [5.74, 6) is 0. The average Bonchev–Trinajstić information content (AvgIpc) is 2.34. The van der Waals surface area contributed by atoms with Crippen LogP contribution in [0.25, 0.3) is 0 Å². The number of hydrogen-bond acceptors (Lipinski definition) is 6. The SMILES string of the molecule is CCC(Cl)OP(O)OCCOP(O)OC(Cl)CC. The van der Waals surface area contributed by atoms with Crippen LogP contribution in [0.1, 0.15) is 26.7 Å². The van der Waals surface area contributed by atoms with Gasteiger partial charge in [-0.2, -0.15) is 0 Å². The van der Waals surface area contributed by atoms with Gasteiger partial charge in [-0.15, -0.1) is 0 Å². The number of hydrogen-bond donors (Lipinski definition) is 2. The number of halogens is 2. The Labute approximate surface area is 119 Å². The van der Waals surface area contributed by atoms with Crippen molar-refractivity contribution >= 4 is 40.4 Å². The molecule has 2 N–H and O–H groups in total. The van der Waals surface area contributed by atoms with Crippen molar-refractivity contribution in [1.82, 2.24) is 0 Å². The highest BCUT2D eigenvalue weighted by Crippen LogP contribution is 2.38. The molecule has 0 aliphatic rings. The Morgan fingerprint density at radius 1 is 0.889 bits per heavy atom. The smallest absolute Gasteiger partial charge is 0.328 e. The van der Waals surface area contributed by atoms with Gasteiger partial charge in [0.15, 0.2) is 0 Å². The van der Waals surface area contributed by atoms with Crippen molar-refractivity contribution in [2.24, 2.45) is 0 Å². The summed E-state index contributed by atoms with van der Waals surface area (Å²) in [4.78, 5) is 18.5. The molecule has 0 heterocycles. The van der Waals surface area contributed by atoms with Crippen LogP contribution in [-0.2, 0) is 18.1 Å². The van der Waals surface area contributed by atoms with E-state index >= 15 is 0 Å². The second-order valence-electron chi connectivity index (χ2n) is 2.99. The van der Waals surface area contributed by atoms with E-state index in [-0.39, 0.29) is 13.2 Å². The molecule has 0 aromatic carbocycles. The molecule has 4 atom stereocenters. The third kappa shape index (κ3) is 11.1. The second kappa shape index (κ2) is 12.0. The largest absolute Gasteiger partial charge is 0.331 e. The molecule has 0 bridgehead atoms. The van der Waals surface area contributed by atoms with Gasteiger partial charge in [0.05, 0.1) is 13.2 Å². The molecule has 6 nitrogen and oxygen atoms in total. The van der Waals surface area contributed by atoms with Crippen LogP contribution >= 0.6 is 40.4 Å². The van der Waals surface area contributed by atoms with E-state index in [2.05, 4.69) is 0 Å². The normalized spacial score (nSPS) is 18.3. The standard InChI is InChI=1S/C8H18Cl2O6P2/c1-3-7(9)15-17(11)13-5-6-14-18(12)16-8(10)4-2/h7-8,11-12H,3-6H2,1-2H3. The van der Waals surface area contributed by atoms with Gasteiger partial charge in [-0.05, 0) is 12.8 Å². The van der Waals surface area contributed by atoms with Crippen LogP contribution in [0.5, 0.6) is 0 Å². The van der Waals surface area contributed by atoms with Crippen molar-refractivity contribution in [1.29, 1.82) is 0 Å². The molecule has 0 spiro atoms. The van der Waals surface area contributed by atoms with Gasteiger partial charge in [-0.25, -0.2) is 0 Å². The molecule has 0 aliphatic carbocycles. The van der Waals surface area contributed by atoms with E-state index in [1.54, 1.807) is 0 Å². The molecule has 18 heavy (non-hydrogen) atoms. The zero-order valence-corrected chi connectivity index (χ0v) is 13.5. The molecule has 4 unspecified atom stereocenters. The number of alkyl halides is 2. The fourth-order valence-electron chi connectivity index (χ4n) is 0.636. The molecule has 0 aromatic rings. The van der Waals surface area contributed by atoms with E-state index in [4.69, 9.17) is 41.3 Å². The fraction of sp³-hybridized carbons (Fsp3) is 1.00. The number of rotatable bonds is 11. The van der Waals surface area contributed by atoms with Crippen LogP contribution in [0.15, 0.2) is 0 Å². The lowest BCUT2D eigenvalue weighted by Crippen LogP contribution is -2.05. The van der Waals surface area contributed by atoms with Crippen LogP contribution in [0.4, 0.5) is 0 Å². The molecule has 0 rings (SSSR count). The molecule has 110 valence electrons. The van der Waals surface area contributed by atoms with Gasteiger partial charge < -0.3 is 18.8 Å². The molecule has 0 aromatic heterocycles. The van der Waals surface area contributed by atoms with E-state index in [1.165, 1.54) is 0 Å². The van der Waals surface area contributed by atoms with Gasteiger partial charge >= 0.3 is 17.2 Å². The van der Waals surface area contributed by atoms with Crippen molar-refractivity contribution in [3.63, 3.8) is 0 Å². The van der Waals surface area contributed by atoms with Gasteiger partial charge in [0.2, 0.25) is 0 Å². The molecule has 0 aliphatic heterocycles. The van der Waals surface area contributed by atoms with E-state index in [1.807, 2.05) is 13.8 Å². The third-order valence-electron chi connectivity index (χ3n) is 1.54. The minimum Gasteiger partial charge on any atom is -0.328 e. The lowest BCUT2D eigenvalue weighted by atomic mass is 10.5. The van der Waals surface area contributed by atoms with Gasteiger partial charge in [0.1, 0.15) is 11.1 Å². The maximum Gasteiger partial charge on any atom is 0.331 e. The van der Waals surface area contributed by atoms with E-state index in [0.29, 0.717) is 12.8 Å². The highest BCUT2D eigenvalue weighted by Gasteiger charge is 2.15. The lowest BCUT2D eigenvalue weighted by Gasteiger charge is -2.15. The van der Waals surface area contributed by atoms with E-state index in [0.717, 1.165) is 0 Å². The summed E-state index contributed by atoms with van der Waals surface area (Å²) in [6.07, 6.45) is 1.12. The average molecular weight is 343 g/mol. The topological polar surface area (TPSA) is 77.4 Å². The predicted octanol–water partition coefficient (Wildman–Crippen LogP) is 3.44. The quantitative estimate of drug-likeness (QED) is 0.340. The van der Waals surface area contributed by atoms with Crippen LogP contribution in [0.3, 0.4) is 0 Å². The minimum atomic E-state index is -2.03. The van der Waals surface area contributed by atoms with Gasteiger partial charge in [0.25, 0.3) is 0 Å². The molecular weight excluding hydrogens is 325 g/mol. The highest BCUT2D eigenvalue weighted by molar-refractivity contribution is 7.41. The highest BCUT2D eigenvalue weighted by atomic mass is 35.5. The van der Waals surface area contributed by atoms with Gasteiger partial charge in [-0.3, -0.25) is 9.05 Å². The third-order valence-corrected chi connectivity index (χ3v) is 4.26. The first-order chi connectivity index (χ1) is 8.49. The molecule has 10 heteroatoms. The summed E-state index contributed by atoms with van der Waals surface area (Å²) < 4.78 is 19.6. The Balaban J connectivity index is 3.49. The molecule has 0 saturated carbocycles. The van der Waals surface area contributed by atoms with Crippen molar-refractivity contribution in [3.05, 3.63) is 0 Å². The lowest BCUT2D eigenvalue weighted by molar-refractivity contribution is 0.134. The Hall–Kier alpha value is 1.20. The van der Waals surface area contributed by atoms with Crippen molar-refractivity contribution in [2.45, 2.75) is 37.8 Å². The van der Waals surface area contributed by atoms with Gasteiger partial charge in [-0.1, -0.05) is 37.0 Å². The monoisotopic (exact) mass is 342 g/mol. The first-order valence-electron chi connectivity index (χ1n) is 5.35. The van der Waals surface area contributed by atoms with Crippen molar-refractivity contribution < 1.29 is 27.9 Å². The Morgan fingerprint density at radius 2 is 1.22 bits per heavy atom.